The molecule has 4 N–H and O–H groups in total. The van der Waals surface area contributed by atoms with Crippen molar-refractivity contribution in [3.8, 4) is 0 Å². The van der Waals surface area contributed by atoms with Crippen LogP contribution in [0.15, 0.2) is 24.3 Å². The Bertz CT molecular complexity index is 550. The standard InChI is InChI=1S/C13H16ClN3O4/c1-17(7-8-4-2-3-5-9(8)14)13(21)16-10(12(19)20)6-11(15)18/h2-5,10H,6-7H2,1H3,(H2,15,18)(H,16,21)(H,19,20)/t10-/m0/s1. The maximum Gasteiger partial charge on any atom is 0.326 e. The number of benzene rings is 1. The molecule has 1 rings (SSSR count). The molecule has 1 aromatic rings. The number of nitrogens with zero attached hydrogens (tertiary/aromatic N) is 1. The smallest absolute Gasteiger partial charge is 0.326 e. The number of amides is 3. The number of carbonyl (C=O) groups is 3. The third-order valence-electron chi connectivity index (χ3n) is 2.71. The summed E-state index contributed by atoms with van der Waals surface area (Å²) >= 11 is 5.98. The average molecular weight is 314 g/mol. The molecule has 0 aliphatic heterocycles. The number of carboxylic acids is 1. The molecule has 0 fully saturated rings. The molecule has 8 heteroatoms. The fraction of sp³-hybridized carbons (Fsp3) is 0.308. The molecule has 1 atom stereocenters. The highest BCUT2D eigenvalue weighted by atomic mass is 35.5. The van der Waals surface area contributed by atoms with Crippen LogP contribution in [0, 0.1) is 0 Å². The summed E-state index contributed by atoms with van der Waals surface area (Å²) in [6.07, 6.45) is -0.471. The molecule has 3 amide bonds. The van der Waals surface area contributed by atoms with Crippen LogP contribution in [0.3, 0.4) is 0 Å². The largest absolute Gasteiger partial charge is 0.480 e. The summed E-state index contributed by atoms with van der Waals surface area (Å²) in [7, 11) is 1.49. The number of nitrogens with two attached hydrogens (primary N) is 1. The second-order valence-corrected chi connectivity index (χ2v) is 4.87. The lowest BCUT2D eigenvalue weighted by Crippen LogP contribution is -2.48. The van der Waals surface area contributed by atoms with Gasteiger partial charge < -0.3 is 21.1 Å². The van der Waals surface area contributed by atoms with Crippen LogP contribution in [0.5, 0.6) is 0 Å². The van der Waals surface area contributed by atoms with E-state index in [-0.39, 0.29) is 6.54 Å². The van der Waals surface area contributed by atoms with Gasteiger partial charge in [0.1, 0.15) is 6.04 Å². The van der Waals surface area contributed by atoms with Crippen molar-refractivity contribution in [1.82, 2.24) is 10.2 Å². The van der Waals surface area contributed by atoms with Crippen molar-refractivity contribution < 1.29 is 19.5 Å². The van der Waals surface area contributed by atoms with E-state index in [1.54, 1.807) is 24.3 Å². The van der Waals surface area contributed by atoms with E-state index in [2.05, 4.69) is 5.32 Å². The number of hydrogen-bond donors (Lipinski definition) is 3. The SMILES string of the molecule is CN(Cc1ccccc1Cl)C(=O)N[C@@H](CC(N)=O)C(=O)O. The van der Waals surface area contributed by atoms with Gasteiger partial charge in [-0.05, 0) is 11.6 Å². The second kappa shape index (κ2) is 7.49. The molecule has 0 aliphatic rings. The first-order valence-electron chi connectivity index (χ1n) is 6.07. The van der Waals surface area contributed by atoms with Gasteiger partial charge in [0, 0.05) is 18.6 Å². The lowest BCUT2D eigenvalue weighted by Gasteiger charge is -2.21. The molecular formula is C13H16ClN3O4. The highest BCUT2D eigenvalue weighted by Gasteiger charge is 2.23. The molecule has 1 aromatic carbocycles. The fourth-order valence-electron chi connectivity index (χ4n) is 1.61. The van der Waals surface area contributed by atoms with Gasteiger partial charge in [0.05, 0.1) is 6.42 Å². The third-order valence-corrected chi connectivity index (χ3v) is 3.08. The van der Waals surface area contributed by atoms with Gasteiger partial charge in [-0.3, -0.25) is 4.79 Å². The third kappa shape index (κ3) is 5.31. The number of hydrogen-bond acceptors (Lipinski definition) is 3. The zero-order valence-electron chi connectivity index (χ0n) is 11.4. The number of urea groups is 1. The van der Waals surface area contributed by atoms with E-state index in [1.165, 1.54) is 11.9 Å². The van der Waals surface area contributed by atoms with Crippen LogP contribution in [0.25, 0.3) is 0 Å². The average Bonchev–Trinajstić information content (AvgIpc) is 2.39. The summed E-state index contributed by atoms with van der Waals surface area (Å²) in [5.74, 6) is -2.13. The number of carboxylic acid groups (broad SMARTS) is 1. The van der Waals surface area contributed by atoms with Gasteiger partial charge in [0.2, 0.25) is 5.91 Å². The Morgan fingerprint density at radius 2 is 2.00 bits per heavy atom. The molecule has 7 nitrogen and oxygen atoms in total. The molecule has 0 saturated heterocycles. The monoisotopic (exact) mass is 313 g/mol. The van der Waals surface area contributed by atoms with Crippen LogP contribution < -0.4 is 11.1 Å². The van der Waals surface area contributed by atoms with Crippen molar-refractivity contribution in [3.63, 3.8) is 0 Å². The van der Waals surface area contributed by atoms with Gasteiger partial charge in [0.15, 0.2) is 0 Å². The molecule has 0 aromatic heterocycles. The summed E-state index contributed by atoms with van der Waals surface area (Å²) in [5.41, 5.74) is 5.66. The van der Waals surface area contributed by atoms with E-state index < -0.39 is 30.4 Å². The van der Waals surface area contributed by atoms with E-state index in [4.69, 9.17) is 22.4 Å². The first kappa shape index (κ1) is 16.8. The van der Waals surface area contributed by atoms with Crippen molar-refractivity contribution in [3.05, 3.63) is 34.9 Å². The minimum atomic E-state index is -1.36. The number of rotatable bonds is 6. The summed E-state index contributed by atoms with van der Waals surface area (Å²) in [6.45, 7) is 0.203. The lowest BCUT2D eigenvalue weighted by atomic mass is 10.2. The minimum absolute atomic E-state index is 0.203. The Kier molecular flexibility index (Phi) is 5.98. The summed E-state index contributed by atoms with van der Waals surface area (Å²) < 4.78 is 0. The van der Waals surface area contributed by atoms with Crippen molar-refractivity contribution in [2.75, 3.05) is 7.05 Å². The van der Waals surface area contributed by atoms with Gasteiger partial charge in [-0.15, -0.1) is 0 Å². The number of primary amides is 1. The molecule has 0 aliphatic carbocycles. The van der Waals surface area contributed by atoms with Crippen LogP contribution in [0.2, 0.25) is 5.02 Å². The number of nitrogens with one attached hydrogen (secondary N) is 1. The van der Waals surface area contributed by atoms with Crippen LogP contribution in [0.4, 0.5) is 4.79 Å². The minimum Gasteiger partial charge on any atom is -0.480 e. The van der Waals surface area contributed by atoms with Gasteiger partial charge in [-0.1, -0.05) is 29.8 Å². The number of aliphatic carboxylic acids is 1. The van der Waals surface area contributed by atoms with Gasteiger partial charge in [-0.25, -0.2) is 9.59 Å². The van der Waals surface area contributed by atoms with Crippen LogP contribution >= 0.6 is 11.6 Å². The Morgan fingerprint density at radius 3 is 2.52 bits per heavy atom. The van der Waals surface area contributed by atoms with E-state index in [9.17, 15) is 14.4 Å². The Balaban J connectivity index is 2.67. The molecule has 114 valence electrons. The van der Waals surface area contributed by atoms with Crippen molar-refractivity contribution >= 4 is 29.5 Å². The van der Waals surface area contributed by atoms with Gasteiger partial charge >= 0.3 is 12.0 Å². The fourth-order valence-corrected chi connectivity index (χ4v) is 1.81. The molecule has 0 saturated carbocycles. The van der Waals surface area contributed by atoms with Gasteiger partial charge in [-0.2, -0.15) is 0 Å². The van der Waals surface area contributed by atoms with Gasteiger partial charge in [0.25, 0.3) is 0 Å². The van der Waals surface area contributed by atoms with Crippen molar-refractivity contribution in [2.45, 2.75) is 19.0 Å². The Morgan fingerprint density at radius 1 is 1.38 bits per heavy atom. The zero-order chi connectivity index (χ0) is 16.0. The van der Waals surface area contributed by atoms with Crippen molar-refractivity contribution in [1.29, 1.82) is 0 Å². The first-order valence-corrected chi connectivity index (χ1v) is 6.45. The molecule has 0 radical (unpaired) electrons. The maximum absolute atomic E-state index is 11.9. The molecule has 21 heavy (non-hydrogen) atoms. The molecule has 0 unspecified atom stereocenters. The number of halogens is 1. The van der Waals surface area contributed by atoms with E-state index in [0.29, 0.717) is 5.02 Å². The molecule has 0 spiro atoms. The molecule has 0 heterocycles. The van der Waals surface area contributed by atoms with Crippen LogP contribution in [-0.2, 0) is 16.1 Å². The topological polar surface area (TPSA) is 113 Å². The highest BCUT2D eigenvalue weighted by Crippen LogP contribution is 2.16. The Labute approximate surface area is 126 Å². The predicted octanol–water partition coefficient (Wildman–Crippen LogP) is 0.810. The first-order chi connectivity index (χ1) is 9.81. The van der Waals surface area contributed by atoms with Crippen LogP contribution in [0.1, 0.15) is 12.0 Å². The van der Waals surface area contributed by atoms with E-state index in [0.717, 1.165) is 5.56 Å². The van der Waals surface area contributed by atoms with E-state index >= 15 is 0 Å². The summed E-state index contributed by atoms with van der Waals surface area (Å²) in [5, 5.41) is 11.7. The zero-order valence-corrected chi connectivity index (χ0v) is 12.1. The molecule has 0 bridgehead atoms. The van der Waals surface area contributed by atoms with Crippen molar-refractivity contribution in [2.24, 2.45) is 5.73 Å². The summed E-state index contributed by atoms with van der Waals surface area (Å²) in [4.78, 5) is 34.9. The summed E-state index contributed by atoms with van der Waals surface area (Å²) in [6, 6.07) is 4.99. The van der Waals surface area contributed by atoms with Crippen LogP contribution in [-0.4, -0.2) is 41.0 Å². The maximum atomic E-state index is 11.9. The lowest BCUT2D eigenvalue weighted by molar-refractivity contribution is -0.140. The number of carbonyl (C=O) groups excluding carboxylic acids is 2. The van der Waals surface area contributed by atoms with E-state index in [1.807, 2.05) is 0 Å². The Hall–Kier alpha value is -2.28. The second-order valence-electron chi connectivity index (χ2n) is 4.46. The predicted molar refractivity (Wildman–Crippen MR) is 76.7 cm³/mol. The normalized spacial score (nSPS) is 11.5. The quantitative estimate of drug-likeness (QED) is 0.721. The molecular weight excluding hydrogens is 298 g/mol. The highest BCUT2D eigenvalue weighted by molar-refractivity contribution is 6.31.